The van der Waals surface area contributed by atoms with E-state index < -0.39 is 17.7 Å². The van der Waals surface area contributed by atoms with Gasteiger partial charge in [-0.15, -0.1) is 0 Å². The van der Waals surface area contributed by atoms with Crippen LogP contribution in [0.25, 0.3) is 5.76 Å². The van der Waals surface area contributed by atoms with E-state index in [0.717, 1.165) is 0 Å². The molecular weight excluding hydrogens is 439 g/mol. The molecule has 0 saturated carbocycles. The van der Waals surface area contributed by atoms with Crippen molar-refractivity contribution in [3.63, 3.8) is 0 Å². The highest BCUT2D eigenvalue weighted by Crippen LogP contribution is 2.42. The molecule has 31 heavy (non-hydrogen) atoms. The third kappa shape index (κ3) is 3.76. The number of hydrogen-bond acceptors (Lipinski definition) is 5. The van der Waals surface area contributed by atoms with Crippen molar-refractivity contribution < 1.29 is 19.4 Å². The highest BCUT2D eigenvalue weighted by atomic mass is 35.5. The van der Waals surface area contributed by atoms with Crippen molar-refractivity contribution in [3.05, 3.63) is 93.6 Å². The molecule has 1 amide bonds. The van der Waals surface area contributed by atoms with E-state index in [0.29, 0.717) is 16.3 Å². The summed E-state index contributed by atoms with van der Waals surface area (Å²) in [5, 5.41) is 11.8. The van der Waals surface area contributed by atoms with Crippen molar-refractivity contribution in [2.75, 3.05) is 12.0 Å². The van der Waals surface area contributed by atoms with Gasteiger partial charge in [0.1, 0.15) is 17.3 Å². The van der Waals surface area contributed by atoms with Crippen LogP contribution in [0.15, 0.2) is 72.4 Å². The van der Waals surface area contributed by atoms with Crippen LogP contribution in [0.3, 0.4) is 0 Å². The number of rotatable bonds is 4. The molecule has 1 aliphatic rings. The number of carbonyl (C=O) groups is 2. The van der Waals surface area contributed by atoms with Gasteiger partial charge in [-0.1, -0.05) is 41.4 Å². The summed E-state index contributed by atoms with van der Waals surface area (Å²) in [6.45, 7) is 0. The SMILES string of the molecule is COc1ccc(C(O)=C2C(=O)C(=O)N(c3ccccn3)[C@H]2c2ccc(Cl)cc2)cc1Cl. The van der Waals surface area contributed by atoms with Gasteiger partial charge in [0.05, 0.1) is 23.7 Å². The van der Waals surface area contributed by atoms with Gasteiger partial charge in [0.25, 0.3) is 5.78 Å². The lowest BCUT2D eigenvalue weighted by molar-refractivity contribution is -0.132. The van der Waals surface area contributed by atoms with Crippen molar-refractivity contribution in [3.8, 4) is 5.75 Å². The molecule has 0 unspecified atom stereocenters. The zero-order valence-electron chi connectivity index (χ0n) is 16.3. The number of aliphatic hydroxyl groups excluding tert-OH is 1. The lowest BCUT2D eigenvalue weighted by Gasteiger charge is -2.24. The number of benzene rings is 2. The molecule has 0 spiro atoms. The lowest BCUT2D eigenvalue weighted by Crippen LogP contribution is -2.30. The summed E-state index contributed by atoms with van der Waals surface area (Å²) in [7, 11) is 1.47. The number of carbonyl (C=O) groups excluding carboxylic acids is 2. The predicted molar refractivity (Wildman–Crippen MR) is 118 cm³/mol. The van der Waals surface area contributed by atoms with E-state index in [2.05, 4.69) is 4.98 Å². The number of nitrogens with zero attached hydrogens (tertiary/aromatic N) is 2. The molecule has 0 bridgehead atoms. The highest BCUT2D eigenvalue weighted by Gasteiger charge is 2.47. The highest BCUT2D eigenvalue weighted by molar-refractivity contribution is 6.51. The maximum Gasteiger partial charge on any atom is 0.301 e. The zero-order valence-corrected chi connectivity index (χ0v) is 17.8. The average molecular weight is 455 g/mol. The van der Waals surface area contributed by atoms with Gasteiger partial charge in [-0.05, 0) is 48.0 Å². The number of aliphatic hydroxyl groups is 1. The van der Waals surface area contributed by atoms with Gasteiger partial charge in [-0.3, -0.25) is 14.5 Å². The van der Waals surface area contributed by atoms with E-state index in [1.54, 1.807) is 54.6 Å². The minimum atomic E-state index is -0.895. The summed E-state index contributed by atoms with van der Waals surface area (Å²) in [6.07, 6.45) is 1.52. The molecule has 2 heterocycles. The zero-order chi connectivity index (χ0) is 22.1. The van der Waals surface area contributed by atoms with Crippen molar-refractivity contribution >= 4 is 46.5 Å². The molecule has 0 aliphatic carbocycles. The first-order valence-corrected chi connectivity index (χ1v) is 9.99. The number of pyridine rings is 1. The number of halogens is 2. The summed E-state index contributed by atoms with van der Waals surface area (Å²) in [6, 6.07) is 15.5. The molecule has 6 nitrogen and oxygen atoms in total. The first-order valence-electron chi connectivity index (χ1n) is 9.23. The number of aromatic nitrogens is 1. The topological polar surface area (TPSA) is 79.7 Å². The van der Waals surface area contributed by atoms with Crippen LogP contribution < -0.4 is 9.64 Å². The van der Waals surface area contributed by atoms with Crippen molar-refractivity contribution in [1.82, 2.24) is 4.98 Å². The number of Topliss-reactive ketones (excluding diaryl/α,β-unsaturated/α-hetero) is 1. The van der Waals surface area contributed by atoms with Gasteiger partial charge < -0.3 is 9.84 Å². The first-order chi connectivity index (χ1) is 14.9. The van der Waals surface area contributed by atoms with Gasteiger partial charge in [0, 0.05) is 16.8 Å². The fraction of sp³-hybridized carbons (Fsp3) is 0.0870. The molecule has 4 rings (SSSR count). The van der Waals surface area contributed by atoms with E-state index in [-0.39, 0.29) is 27.7 Å². The monoisotopic (exact) mass is 454 g/mol. The van der Waals surface area contributed by atoms with Crippen LogP contribution in [-0.2, 0) is 9.59 Å². The second-order valence-corrected chi connectivity index (χ2v) is 7.60. The van der Waals surface area contributed by atoms with Crippen molar-refractivity contribution in [1.29, 1.82) is 0 Å². The number of methoxy groups -OCH3 is 1. The Balaban J connectivity index is 1.93. The molecule has 8 heteroatoms. The van der Waals surface area contributed by atoms with Gasteiger partial charge in [0.15, 0.2) is 0 Å². The predicted octanol–water partition coefficient (Wildman–Crippen LogP) is 5.02. The van der Waals surface area contributed by atoms with E-state index in [9.17, 15) is 14.7 Å². The Morgan fingerprint density at radius 1 is 1.06 bits per heavy atom. The standard InChI is InChI=1S/C23H16Cl2N2O4/c1-31-17-10-7-14(12-16(17)25)21(28)19-20(13-5-8-15(24)9-6-13)27(23(30)22(19)29)18-4-2-3-11-26-18/h2-12,20,28H,1H3/t20-/m0/s1. The molecular formula is C23H16Cl2N2O4. The summed E-state index contributed by atoms with van der Waals surface area (Å²) < 4.78 is 5.14. The van der Waals surface area contributed by atoms with Gasteiger partial charge in [-0.2, -0.15) is 0 Å². The fourth-order valence-corrected chi connectivity index (χ4v) is 3.88. The van der Waals surface area contributed by atoms with E-state index in [1.807, 2.05) is 0 Å². The molecule has 1 saturated heterocycles. The van der Waals surface area contributed by atoms with Crippen LogP contribution >= 0.6 is 23.2 Å². The van der Waals surface area contributed by atoms with Crippen molar-refractivity contribution in [2.24, 2.45) is 0 Å². The number of anilines is 1. The first kappa shape index (κ1) is 20.9. The van der Waals surface area contributed by atoms with E-state index in [1.165, 1.54) is 24.3 Å². The summed E-state index contributed by atoms with van der Waals surface area (Å²) in [5.74, 6) is -1.26. The van der Waals surface area contributed by atoms with Crippen LogP contribution in [0.1, 0.15) is 17.2 Å². The molecule has 2 aromatic carbocycles. The summed E-state index contributed by atoms with van der Waals surface area (Å²) in [4.78, 5) is 31.5. The van der Waals surface area contributed by atoms with Gasteiger partial charge in [-0.25, -0.2) is 4.98 Å². The van der Waals surface area contributed by atoms with E-state index >= 15 is 0 Å². The molecule has 1 fully saturated rings. The quantitative estimate of drug-likeness (QED) is 0.340. The minimum Gasteiger partial charge on any atom is -0.507 e. The van der Waals surface area contributed by atoms with E-state index in [4.69, 9.17) is 27.9 Å². The maximum absolute atomic E-state index is 13.0. The number of amides is 1. The largest absolute Gasteiger partial charge is 0.507 e. The fourth-order valence-electron chi connectivity index (χ4n) is 3.49. The number of ether oxygens (including phenoxy) is 1. The third-order valence-corrected chi connectivity index (χ3v) is 5.50. The Kier molecular flexibility index (Phi) is 5.67. The van der Waals surface area contributed by atoms with Crippen LogP contribution in [0.4, 0.5) is 5.82 Å². The normalized spacial score (nSPS) is 17.8. The smallest absolute Gasteiger partial charge is 0.301 e. The minimum absolute atomic E-state index is 0.0702. The lowest BCUT2D eigenvalue weighted by atomic mass is 9.95. The van der Waals surface area contributed by atoms with Gasteiger partial charge in [0.2, 0.25) is 0 Å². The molecule has 1 aromatic heterocycles. The second kappa shape index (κ2) is 8.41. The molecule has 1 atom stereocenters. The Bertz CT molecular complexity index is 1190. The molecule has 1 aliphatic heterocycles. The average Bonchev–Trinajstić information content (AvgIpc) is 3.05. The van der Waals surface area contributed by atoms with Crippen molar-refractivity contribution in [2.45, 2.75) is 6.04 Å². The molecule has 156 valence electrons. The molecule has 1 N–H and O–H groups in total. The molecule has 0 radical (unpaired) electrons. The number of hydrogen-bond donors (Lipinski definition) is 1. The maximum atomic E-state index is 13.0. The summed E-state index contributed by atoms with van der Waals surface area (Å²) >= 11 is 12.2. The summed E-state index contributed by atoms with van der Waals surface area (Å²) in [5.41, 5.74) is 0.804. The Labute approximate surface area is 188 Å². The number of ketones is 1. The van der Waals surface area contributed by atoms with Gasteiger partial charge >= 0.3 is 5.91 Å². The second-order valence-electron chi connectivity index (χ2n) is 6.76. The van der Waals surface area contributed by atoms with Crippen LogP contribution in [0.2, 0.25) is 10.0 Å². The van der Waals surface area contributed by atoms with Crippen LogP contribution in [0.5, 0.6) is 5.75 Å². The third-order valence-electron chi connectivity index (χ3n) is 4.95. The Morgan fingerprint density at radius 3 is 2.42 bits per heavy atom. The van der Waals surface area contributed by atoms with Crippen LogP contribution in [-0.4, -0.2) is 28.9 Å². The van der Waals surface area contributed by atoms with Crippen LogP contribution in [0, 0.1) is 0 Å². The Morgan fingerprint density at radius 2 is 1.81 bits per heavy atom. The molecule has 3 aromatic rings. The Hall–Kier alpha value is -3.35.